The highest BCUT2D eigenvalue weighted by atomic mass is 32.1. The maximum Gasteiger partial charge on any atom is 0.251 e. The third kappa shape index (κ3) is 4.08. The second-order valence-corrected chi connectivity index (χ2v) is 8.07. The zero-order chi connectivity index (χ0) is 18.6. The molecule has 2 aromatic carbocycles. The maximum atomic E-state index is 12.3. The topological polar surface area (TPSA) is 50.4 Å². The van der Waals surface area contributed by atoms with Gasteiger partial charge in [0.2, 0.25) is 0 Å². The average Bonchev–Trinajstić information content (AvgIpc) is 3.15. The van der Waals surface area contributed by atoms with Crippen LogP contribution in [0.3, 0.4) is 0 Å². The molecule has 3 aromatic rings. The normalized spacial score (nSPS) is 19.6. The second kappa shape index (κ2) is 8.01. The molecule has 1 amide bonds. The Morgan fingerprint density at radius 2 is 1.74 bits per heavy atom. The molecule has 0 atom stereocenters. The molecule has 0 bridgehead atoms. The summed E-state index contributed by atoms with van der Waals surface area (Å²) in [4.78, 5) is 12.3. The van der Waals surface area contributed by atoms with E-state index in [4.69, 9.17) is 4.74 Å². The maximum absolute atomic E-state index is 12.3. The summed E-state index contributed by atoms with van der Waals surface area (Å²) in [6.07, 6.45) is 4.10. The van der Waals surface area contributed by atoms with Crippen molar-refractivity contribution >= 4 is 33.0 Å². The van der Waals surface area contributed by atoms with E-state index in [1.54, 1.807) is 18.4 Å². The lowest BCUT2D eigenvalue weighted by molar-refractivity contribution is 0.0926. The molecule has 140 valence electrons. The highest BCUT2D eigenvalue weighted by molar-refractivity contribution is 7.20. The van der Waals surface area contributed by atoms with Crippen molar-refractivity contribution in [2.24, 2.45) is 0 Å². The van der Waals surface area contributed by atoms with Crippen molar-refractivity contribution in [1.29, 1.82) is 0 Å². The summed E-state index contributed by atoms with van der Waals surface area (Å²) in [5.74, 6) is 0.0298. The molecule has 2 N–H and O–H groups in total. The van der Waals surface area contributed by atoms with Gasteiger partial charge in [-0.15, -0.1) is 0 Å². The predicted molar refractivity (Wildman–Crippen MR) is 112 cm³/mol. The van der Waals surface area contributed by atoms with Crippen LogP contribution in [0.5, 0.6) is 5.06 Å². The first-order valence-corrected chi connectivity index (χ1v) is 10.2. The summed E-state index contributed by atoms with van der Waals surface area (Å²) in [5.41, 5.74) is 1.90. The van der Waals surface area contributed by atoms with E-state index >= 15 is 0 Å². The Kier molecular flexibility index (Phi) is 5.30. The molecule has 4 rings (SSSR count). The summed E-state index contributed by atoms with van der Waals surface area (Å²) in [6.45, 7) is 0. The van der Waals surface area contributed by atoms with Gasteiger partial charge in [0.15, 0.2) is 5.06 Å². The minimum atomic E-state index is 0.0298. The lowest BCUT2D eigenvalue weighted by atomic mass is 9.90. The van der Waals surface area contributed by atoms with E-state index in [9.17, 15) is 4.79 Å². The van der Waals surface area contributed by atoms with Crippen LogP contribution in [-0.4, -0.2) is 25.1 Å². The summed E-state index contributed by atoms with van der Waals surface area (Å²) in [7, 11) is 1.71. The molecule has 0 saturated heterocycles. The number of nitrogens with one attached hydrogen (secondary N) is 2. The molecule has 1 saturated carbocycles. The van der Waals surface area contributed by atoms with Crippen molar-refractivity contribution in [1.82, 2.24) is 5.32 Å². The summed E-state index contributed by atoms with van der Waals surface area (Å²) in [5, 5.41) is 9.04. The van der Waals surface area contributed by atoms with Gasteiger partial charge < -0.3 is 15.4 Å². The van der Waals surface area contributed by atoms with Crippen LogP contribution in [0.4, 0.5) is 5.69 Å². The van der Waals surface area contributed by atoms with Crippen LogP contribution >= 0.6 is 11.3 Å². The van der Waals surface area contributed by atoms with E-state index in [2.05, 4.69) is 34.9 Å². The van der Waals surface area contributed by atoms with Crippen molar-refractivity contribution in [3.05, 3.63) is 60.2 Å². The third-order valence-electron chi connectivity index (χ3n) is 5.20. The van der Waals surface area contributed by atoms with Gasteiger partial charge in [-0.25, -0.2) is 0 Å². The van der Waals surface area contributed by atoms with Gasteiger partial charge in [0.1, 0.15) is 0 Å². The summed E-state index contributed by atoms with van der Waals surface area (Å²) in [6, 6.07) is 18.6. The number of anilines is 1. The van der Waals surface area contributed by atoms with E-state index in [-0.39, 0.29) is 11.9 Å². The Hall–Kier alpha value is -2.53. The molecular formula is C22H24N2O2S. The molecule has 1 fully saturated rings. The number of ether oxygens (including phenoxy) is 1. The lowest BCUT2D eigenvalue weighted by Crippen LogP contribution is -2.40. The van der Waals surface area contributed by atoms with Crippen molar-refractivity contribution < 1.29 is 9.53 Å². The Morgan fingerprint density at radius 1 is 1.00 bits per heavy atom. The van der Waals surface area contributed by atoms with E-state index in [0.29, 0.717) is 6.04 Å². The van der Waals surface area contributed by atoms with E-state index in [1.165, 1.54) is 15.8 Å². The second-order valence-electron chi connectivity index (χ2n) is 7.02. The molecule has 4 nitrogen and oxygen atoms in total. The van der Waals surface area contributed by atoms with Crippen LogP contribution in [0.1, 0.15) is 36.0 Å². The Morgan fingerprint density at radius 3 is 2.48 bits per heavy atom. The smallest absolute Gasteiger partial charge is 0.251 e. The van der Waals surface area contributed by atoms with E-state index < -0.39 is 0 Å². The van der Waals surface area contributed by atoms with Crippen LogP contribution < -0.4 is 15.4 Å². The standard InChI is InChI=1S/C22H24N2O2S/c1-26-21-14-18-19(8-5-9-20(18)27-21)23-16-10-12-17(13-11-16)24-22(25)15-6-3-2-4-7-15/h2-9,14,16-17,23H,10-13H2,1H3,(H,24,25). The first-order valence-electron chi connectivity index (χ1n) is 9.42. The number of fused-ring (bicyclic) bond motifs is 1. The molecular weight excluding hydrogens is 356 g/mol. The number of thiophene rings is 1. The zero-order valence-electron chi connectivity index (χ0n) is 15.4. The molecule has 5 heteroatoms. The molecule has 0 unspecified atom stereocenters. The van der Waals surface area contributed by atoms with Crippen molar-refractivity contribution in [3.63, 3.8) is 0 Å². The molecule has 27 heavy (non-hydrogen) atoms. The minimum Gasteiger partial charge on any atom is -0.487 e. The molecule has 1 aliphatic carbocycles. The molecule has 1 heterocycles. The number of methoxy groups -OCH3 is 1. The fraction of sp³-hybridized carbons (Fsp3) is 0.318. The quantitative estimate of drug-likeness (QED) is 0.650. The van der Waals surface area contributed by atoms with Crippen LogP contribution in [-0.2, 0) is 0 Å². The van der Waals surface area contributed by atoms with E-state index in [1.807, 2.05) is 30.3 Å². The van der Waals surface area contributed by atoms with Gasteiger partial charge in [0.25, 0.3) is 5.91 Å². The number of hydrogen-bond donors (Lipinski definition) is 2. The fourth-order valence-electron chi connectivity index (χ4n) is 3.72. The first-order chi connectivity index (χ1) is 13.2. The third-order valence-corrected chi connectivity index (χ3v) is 6.26. The highest BCUT2D eigenvalue weighted by Gasteiger charge is 2.23. The molecule has 1 aliphatic rings. The van der Waals surface area contributed by atoms with Gasteiger partial charge in [-0.05, 0) is 49.9 Å². The number of hydrogen-bond acceptors (Lipinski definition) is 4. The van der Waals surface area contributed by atoms with Crippen LogP contribution in [0.2, 0.25) is 0 Å². The van der Waals surface area contributed by atoms with Crippen molar-refractivity contribution in [2.75, 3.05) is 12.4 Å². The monoisotopic (exact) mass is 380 g/mol. The number of amides is 1. The molecule has 0 aliphatic heterocycles. The average molecular weight is 381 g/mol. The number of carbonyl (C=O) groups excluding carboxylic acids is 1. The van der Waals surface area contributed by atoms with Crippen LogP contribution in [0.15, 0.2) is 54.6 Å². The first kappa shape index (κ1) is 17.9. The van der Waals surface area contributed by atoms with Crippen LogP contribution in [0.25, 0.3) is 10.1 Å². The van der Waals surface area contributed by atoms with Crippen molar-refractivity contribution in [2.45, 2.75) is 37.8 Å². The predicted octanol–water partition coefficient (Wildman–Crippen LogP) is 5.06. The molecule has 0 spiro atoms. The van der Waals surface area contributed by atoms with Gasteiger partial charge in [-0.2, -0.15) is 0 Å². The van der Waals surface area contributed by atoms with Gasteiger partial charge >= 0.3 is 0 Å². The Balaban J connectivity index is 1.35. The Labute approximate surface area is 163 Å². The van der Waals surface area contributed by atoms with Crippen molar-refractivity contribution in [3.8, 4) is 5.06 Å². The number of benzene rings is 2. The number of carbonyl (C=O) groups is 1. The summed E-state index contributed by atoms with van der Waals surface area (Å²) >= 11 is 1.67. The lowest BCUT2D eigenvalue weighted by Gasteiger charge is -2.30. The highest BCUT2D eigenvalue weighted by Crippen LogP contribution is 2.36. The zero-order valence-corrected chi connectivity index (χ0v) is 16.2. The largest absolute Gasteiger partial charge is 0.487 e. The number of rotatable bonds is 5. The van der Waals surface area contributed by atoms with E-state index in [0.717, 1.165) is 36.3 Å². The SMILES string of the molecule is COc1cc2c(NC3CCC(NC(=O)c4ccccc4)CC3)cccc2s1. The fourth-order valence-corrected chi connectivity index (χ4v) is 4.63. The van der Waals surface area contributed by atoms with Gasteiger partial charge in [-0.1, -0.05) is 35.6 Å². The van der Waals surface area contributed by atoms with Crippen LogP contribution in [0, 0.1) is 0 Å². The molecule has 0 radical (unpaired) electrons. The van der Waals surface area contributed by atoms with Gasteiger partial charge in [0.05, 0.1) is 7.11 Å². The molecule has 1 aromatic heterocycles. The Bertz CT molecular complexity index is 914. The summed E-state index contributed by atoms with van der Waals surface area (Å²) < 4.78 is 6.62. The van der Waals surface area contributed by atoms with Gasteiger partial charge in [0, 0.05) is 39.5 Å². The van der Waals surface area contributed by atoms with Gasteiger partial charge in [-0.3, -0.25) is 4.79 Å². The minimum absolute atomic E-state index is 0.0298.